The summed E-state index contributed by atoms with van der Waals surface area (Å²) in [6.45, 7) is 3.47. The molecule has 3 heterocycles. The molecule has 1 unspecified atom stereocenters. The molecule has 2 atom stereocenters. The van der Waals surface area contributed by atoms with Gasteiger partial charge in [0.15, 0.2) is 0 Å². The van der Waals surface area contributed by atoms with Crippen molar-refractivity contribution in [1.82, 2.24) is 20.2 Å². The van der Waals surface area contributed by atoms with Crippen LogP contribution in [-0.4, -0.2) is 45.8 Å². The van der Waals surface area contributed by atoms with E-state index in [1.807, 2.05) is 4.90 Å². The third-order valence-corrected chi connectivity index (χ3v) is 5.81. The van der Waals surface area contributed by atoms with E-state index >= 15 is 0 Å². The first-order chi connectivity index (χ1) is 14.9. The van der Waals surface area contributed by atoms with Crippen molar-refractivity contribution in [3.8, 4) is 0 Å². The topological polar surface area (TPSA) is 78.1 Å². The fraction of sp³-hybridized carbons (Fsp3) is 0.348. The Bertz CT molecular complexity index is 1100. The monoisotopic (exact) mass is 442 g/mol. The highest BCUT2D eigenvalue weighted by Gasteiger charge is 2.29. The van der Waals surface area contributed by atoms with E-state index in [4.69, 9.17) is 11.6 Å². The number of benzene rings is 1. The molecule has 3 aromatic rings. The molecule has 0 bridgehead atoms. The van der Waals surface area contributed by atoms with Crippen LogP contribution in [0.1, 0.15) is 35.8 Å². The first-order valence-electron chi connectivity index (χ1n) is 10.4. The van der Waals surface area contributed by atoms with Crippen LogP contribution in [0.25, 0.3) is 11.0 Å². The van der Waals surface area contributed by atoms with E-state index in [-0.39, 0.29) is 18.1 Å². The summed E-state index contributed by atoms with van der Waals surface area (Å²) in [4.78, 5) is 35.2. The second kappa shape index (κ2) is 9.06. The lowest BCUT2D eigenvalue weighted by Crippen LogP contribution is -2.52. The molecular formula is C23H24ClFN4O2. The number of H-pyrrole nitrogens is 1. The lowest BCUT2D eigenvalue weighted by Gasteiger charge is -2.34. The zero-order chi connectivity index (χ0) is 22.0. The Hall–Kier alpha value is -2.93. The summed E-state index contributed by atoms with van der Waals surface area (Å²) < 4.78 is 13.3. The van der Waals surface area contributed by atoms with Crippen LogP contribution in [0.3, 0.4) is 0 Å². The summed E-state index contributed by atoms with van der Waals surface area (Å²) in [7, 11) is 0. The number of pyridine rings is 1. The van der Waals surface area contributed by atoms with E-state index in [0.717, 1.165) is 18.4 Å². The standard InChI is InChI=1S/C23H24ClFN4O2/c1-14-3-2-8-29(13-14)23(31)20(9-15-4-6-18(25)7-5-15)28-22(30)19-11-16-10-17(24)12-26-21(16)27-19/h4-7,10-12,14,20H,2-3,8-9,13H2,1H3,(H,26,27)(H,28,30)/t14?,20-/m0/s1. The number of aromatic nitrogens is 2. The number of hydrogen-bond donors (Lipinski definition) is 2. The van der Waals surface area contributed by atoms with Crippen LogP contribution in [-0.2, 0) is 11.2 Å². The number of halogens is 2. The van der Waals surface area contributed by atoms with Crippen molar-refractivity contribution in [3.63, 3.8) is 0 Å². The van der Waals surface area contributed by atoms with Crippen molar-refractivity contribution in [2.45, 2.75) is 32.2 Å². The second-order valence-corrected chi connectivity index (χ2v) is 8.60. The zero-order valence-electron chi connectivity index (χ0n) is 17.2. The Morgan fingerprint density at radius 2 is 2.10 bits per heavy atom. The molecular weight excluding hydrogens is 419 g/mol. The van der Waals surface area contributed by atoms with E-state index < -0.39 is 11.9 Å². The van der Waals surface area contributed by atoms with Gasteiger partial charge in [-0.05, 0) is 48.6 Å². The number of likely N-dealkylation sites (tertiary alicyclic amines) is 1. The number of piperidine rings is 1. The molecule has 0 radical (unpaired) electrons. The van der Waals surface area contributed by atoms with Gasteiger partial charge in [0, 0.05) is 31.1 Å². The minimum Gasteiger partial charge on any atom is -0.341 e. The molecule has 2 N–H and O–H groups in total. The van der Waals surface area contributed by atoms with Crippen molar-refractivity contribution >= 4 is 34.4 Å². The Kier molecular flexibility index (Phi) is 6.23. The molecule has 6 nitrogen and oxygen atoms in total. The highest BCUT2D eigenvalue weighted by molar-refractivity contribution is 6.31. The molecule has 1 aliphatic heterocycles. The van der Waals surface area contributed by atoms with Crippen LogP contribution in [0.4, 0.5) is 4.39 Å². The third kappa shape index (κ3) is 5.05. The highest BCUT2D eigenvalue weighted by Crippen LogP contribution is 2.20. The van der Waals surface area contributed by atoms with Crippen LogP contribution in [0.15, 0.2) is 42.6 Å². The van der Waals surface area contributed by atoms with Crippen LogP contribution < -0.4 is 5.32 Å². The maximum Gasteiger partial charge on any atom is 0.268 e. The van der Waals surface area contributed by atoms with Crippen molar-refractivity contribution < 1.29 is 14.0 Å². The summed E-state index contributed by atoms with van der Waals surface area (Å²) in [6, 6.07) is 8.60. The Labute approximate surface area is 184 Å². The van der Waals surface area contributed by atoms with Gasteiger partial charge in [0.25, 0.3) is 5.91 Å². The molecule has 0 aliphatic carbocycles. The quantitative estimate of drug-likeness (QED) is 0.628. The number of hydrogen-bond acceptors (Lipinski definition) is 3. The maximum absolute atomic E-state index is 13.3. The molecule has 1 fully saturated rings. The van der Waals surface area contributed by atoms with Crippen molar-refractivity contribution in [3.05, 3.63) is 64.7 Å². The first kappa shape index (κ1) is 21.3. The zero-order valence-corrected chi connectivity index (χ0v) is 18.0. The first-order valence-corrected chi connectivity index (χ1v) is 10.7. The van der Waals surface area contributed by atoms with Crippen LogP contribution in [0, 0.1) is 11.7 Å². The van der Waals surface area contributed by atoms with Gasteiger partial charge in [-0.25, -0.2) is 9.37 Å². The number of nitrogens with zero attached hydrogens (tertiary/aromatic N) is 2. The predicted molar refractivity (Wildman–Crippen MR) is 117 cm³/mol. The van der Waals surface area contributed by atoms with Gasteiger partial charge < -0.3 is 15.2 Å². The second-order valence-electron chi connectivity index (χ2n) is 8.16. The van der Waals surface area contributed by atoms with E-state index in [9.17, 15) is 14.0 Å². The number of aromatic amines is 1. The average Bonchev–Trinajstić information content (AvgIpc) is 3.17. The third-order valence-electron chi connectivity index (χ3n) is 5.61. The van der Waals surface area contributed by atoms with Gasteiger partial charge in [0.2, 0.25) is 5.91 Å². The van der Waals surface area contributed by atoms with Crippen molar-refractivity contribution in [2.24, 2.45) is 5.92 Å². The fourth-order valence-corrected chi connectivity index (χ4v) is 4.18. The summed E-state index contributed by atoms with van der Waals surface area (Å²) in [6.07, 6.45) is 3.81. The predicted octanol–water partition coefficient (Wildman–Crippen LogP) is 3.96. The van der Waals surface area contributed by atoms with Gasteiger partial charge in [-0.2, -0.15) is 0 Å². The summed E-state index contributed by atoms with van der Waals surface area (Å²) in [5.74, 6) is -0.449. The Morgan fingerprint density at radius 1 is 1.32 bits per heavy atom. The molecule has 31 heavy (non-hydrogen) atoms. The smallest absolute Gasteiger partial charge is 0.268 e. The highest BCUT2D eigenvalue weighted by atomic mass is 35.5. The van der Waals surface area contributed by atoms with Gasteiger partial charge in [-0.15, -0.1) is 0 Å². The molecule has 162 valence electrons. The van der Waals surface area contributed by atoms with Gasteiger partial charge in [0.1, 0.15) is 23.2 Å². The number of rotatable bonds is 5. The minimum absolute atomic E-state index is 0.124. The molecule has 1 saturated heterocycles. The molecule has 8 heteroatoms. The van der Waals surface area contributed by atoms with Crippen LogP contribution in [0.5, 0.6) is 0 Å². The molecule has 2 amide bonds. The van der Waals surface area contributed by atoms with Gasteiger partial charge in [-0.1, -0.05) is 30.7 Å². The SMILES string of the molecule is CC1CCCN(C(=O)[C@H](Cc2ccc(F)cc2)NC(=O)c2cc3cc(Cl)cnc3[nH]2)C1. The van der Waals surface area contributed by atoms with Crippen LogP contribution >= 0.6 is 11.6 Å². The maximum atomic E-state index is 13.3. The molecule has 1 aromatic carbocycles. The molecule has 2 aromatic heterocycles. The molecule has 4 rings (SSSR count). The van der Waals surface area contributed by atoms with E-state index in [1.54, 1.807) is 24.3 Å². The summed E-state index contributed by atoms with van der Waals surface area (Å²) in [5.41, 5.74) is 1.62. The largest absolute Gasteiger partial charge is 0.341 e. The van der Waals surface area contributed by atoms with Gasteiger partial charge >= 0.3 is 0 Å². The molecule has 1 aliphatic rings. The summed E-state index contributed by atoms with van der Waals surface area (Å²) in [5, 5.41) is 4.05. The van der Waals surface area contributed by atoms with Crippen molar-refractivity contribution in [1.29, 1.82) is 0 Å². The van der Waals surface area contributed by atoms with Crippen LogP contribution in [0.2, 0.25) is 5.02 Å². The van der Waals surface area contributed by atoms with E-state index in [2.05, 4.69) is 22.2 Å². The minimum atomic E-state index is -0.758. The molecule has 0 saturated carbocycles. The Morgan fingerprint density at radius 3 is 2.84 bits per heavy atom. The average molecular weight is 443 g/mol. The van der Waals surface area contributed by atoms with E-state index in [0.29, 0.717) is 40.8 Å². The summed E-state index contributed by atoms with van der Waals surface area (Å²) >= 11 is 5.98. The van der Waals surface area contributed by atoms with Gasteiger partial charge in [-0.3, -0.25) is 9.59 Å². The number of carbonyl (C=O) groups excluding carboxylic acids is 2. The molecule has 0 spiro atoms. The van der Waals surface area contributed by atoms with E-state index in [1.165, 1.54) is 18.3 Å². The lowest BCUT2D eigenvalue weighted by molar-refractivity contribution is -0.134. The lowest BCUT2D eigenvalue weighted by atomic mass is 9.98. The number of amides is 2. The van der Waals surface area contributed by atoms with Gasteiger partial charge in [0.05, 0.1) is 5.02 Å². The number of fused-ring (bicyclic) bond motifs is 1. The fourth-order valence-electron chi connectivity index (χ4n) is 4.01. The van der Waals surface area contributed by atoms with Crippen molar-refractivity contribution in [2.75, 3.05) is 13.1 Å². The normalized spacial score (nSPS) is 17.5. The number of carbonyl (C=O) groups is 2. The number of nitrogens with one attached hydrogen (secondary N) is 2. The Balaban J connectivity index is 1.56.